The van der Waals surface area contributed by atoms with E-state index >= 15 is 0 Å². The molecule has 5 unspecified atom stereocenters. The molecule has 0 N–H and O–H groups in total. The van der Waals surface area contributed by atoms with E-state index < -0.39 is 23.6 Å². The number of esters is 4. The highest BCUT2D eigenvalue weighted by molar-refractivity contribution is 9.10. The van der Waals surface area contributed by atoms with Crippen molar-refractivity contribution in [3.05, 3.63) is 24.3 Å². The second-order valence-corrected chi connectivity index (χ2v) is 12.5. The molecule has 0 aromatic heterocycles. The van der Waals surface area contributed by atoms with Crippen molar-refractivity contribution in [3.8, 4) is 0 Å². The predicted octanol–water partition coefficient (Wildman–Crippen LogP) is 5.73. The molecule has 2 aliphatic heterocycles. The Bertz CT molecular complexity index is 979. The van der Waals surface area contributed by atoms with Gasteiger partial charge in [-0.1, -0.05) is 29.1 Å². The van der Waals surface area contributed by atoms with E-state index in [0.717, 1.165) is 45.3 Å². The van der Waals surface area contributed by atoms with Gasteiger partial charge in [0.2, 0.25) is 0 Å². The lowest BCUT2D eigenvalue weighted by Crippen LogP contribution is -2.49. The molecule has 0 radical (unpaired) electrons. The quantitative estimate of drug-likeness (QED) is 0.149. The van der Waals surface area contributed by atoms with E-state index in [1.165, 1.54) is 12.8 Å². The summed E-state index contributed by atoms with van der Waals surface area (Å²) in [5.74, 6) is -1.68. The molecule has 0 spiro atoms. The van der Waals surface area contributed by atoms with Gasteiger partial charge >= 0.3 is 23.9 Å². The third-order valence-electron chi connectivity index (χ3n) is 7.34. The third-order valence-corrected chi connectivity index (χ3v) is 7.71. The van der Waals surface area contributed by atoms with Crippen LogP contribution in [-0.2, 0) is 47.7 Å². The molecule has 5 atom stereocenters. The highest BCUT2D eigenvalue weighted by atomic mass is 79.9. The van der Waals surface area contributed by atoms with Gasteiger partial charge in [0.1, 0.15) is 10.9 Å². The van der Waals surface area contributed by atoms with Gasteiger partial charge in [0, 0.05) is 30.8 Å². The van der Waals surface area contributed by atoms with Crippen LogP contribution in [0, 0.1) is 5.92 Å². The average Bonchev–Trinajstić information content (AvgIpc) is 3.62. The molecule has 0 aromatic carbocycles. The van der Waals surface area contributed by atoms with Crippen LogP contribution < -0.4 is 0 Å². The molecule has 244 valence electrons. The first-order valence-electron chi connectivity index (χ1n) is 15.1. The summed E-state index contributed by atoms with van der Waals surface area (Å²) < 4.78 is 25.4. The smallest absolute Gasteiger partial charge is 0.333 e. The fraction of sp³-hybridized carbons (Fsp3) is 0.719. The van der Waals surface area contributed by atoms with Gasteiger partial charge in [-0.15, -0.1) is 0 Å². The number of hydrogen-bond donors (Lipinski definition) is 0. The number of carbonyl (C=O) groups is 5. The number of ketones is 1. The van der Waals surface area contributed by atoms with Gasteiger partial charge in [0.05, 0.1) is 12.5 Å². The van der Waals surface area contributed by atoms with Crippen molar-refractivity contribution in [2.24, 2.45) is 5.92 Å². The fourth-order valence-electron chi connectivity index (χ4n) is 4.77. The van der Waals surface area contributed by atoms with Gasteiger partial charge in [-0.3, -0.25) is 14.4 Å². The Balaban J connectivity index is 0.000000313. The number of halogens is 1. The van der Waals surface area contributed by atoms with Crippen LogP contribution in [0.2, 0.25) is 0 Å². The molecule has 2 heterocycles. The van der Waals surface area contributed by atoms with Gasteiger partial charge < -0.3 is 23.7 Å². The number of carbonyl (C=O) groups excluding carboxylic acids is 5. The van der Waals surface area contributed by atoms with E-state index in [-0.39, 0.29) is 34.6 Å². The van der Waals surface area contributed by atoms with Gasteiger partial charge in [0.25, 0.3) is 0 Å². The fourth-order valence-corrected chi connectivity index (χ4v) is 4.90. The number of hydrogen-bond acceptors (Lipinski definition) is 10. The molecule has 0 amide bonds. The van der Waals surface area contributed by atoms with E-state index in [9.17, 15) is 24.0 Å². The van der Waals surface area contributed by atoms with Crippen molar-refractivity contribution in [3.63, 3.8) is 0 Å². The highest BCUT2D eigenvalue weighted by Gasteiger charge is 2.58. The van der Waals surface area contributed by atoms with E-state index in [4.69, 9.17) is 18.9 Å². The molecule has 2 aliphatic carbocycles. The lowest BCUT2D eigenvalue weighted by molar-refractivity contribution is -0.170. The minimum Gasteiger partial charge on any atom is -0.465 e. The predicted molar refractivity (Wildman–Crippen MR) is 164 cm³/mol. The zero-order valence-electron chi connectivity index (χ0n) is 26.4. The maximum absolute atomic E-state index is 11.7. The summed E-state index contributed by atoms with van der Waals surface area (Å²) in [4.78, 5) is 56.0. The van der Waals surface area contributed by atoms with E-state index in [1.807, 2.05) is 0 Å². The monoisotopic (exact) mass is 672 g/mol. The summed E-state index contributed by atoms with van der Waals surface area (Å²) in [5, 5.41) is 0. The van der Waals surface area contributed by atoms with Crippen molar-refractivity contribution in [2.45, 2.75) is 121 Å². The molecule has 4 rings (SSSR count). The largest absolute Gasteiger partial charge is 0.465 e. The number of Topliss-reactive ketones (excluding diaryl/α,β-unsaturated/α-hetero) is 1. The topological polar surface area (TPSA) is 132 Å². The normalized spacial score (nSPS) is 26.2. The molecular formula is C32H49BrO10. The van der Waals surface area contributed by atoms with Gasteiger partial charge in [0.15, 0.2) is 17.5 Å². The van der Waals surface area contributed by atoms with E-state index in [0.29, 0.717) is 37.0 Å². The lowest BCUT2D eigenvalue weighted by Gasteiger charge is -2.38. The molecule has 0 bridgehead atoms. The minimum absolute atomic E-state index is 0.0425. The molecule has 0 aromatic rings. The zero-order valence-corrected chi connectivity index (χ0v) is 28.0. The van der Waals surface area contributed by atoms with Crippen LogP contribution in [0.3, 0.4) is 0 Å². The first-order chi connectivity index (χ1) is 20.3. The lowest BCUT2D eigenvalue weighted by atomic mass is 9.76. The number of alkyl halides is 1. The van der Waals surface area contributed by atoms with Crippen molar-refractivity contribution in [2.75, 3.05) is 19.8 Å². The van der Waals surface area contributed by atoms with E-state index in [1.54, 1.807) is 34.6 Å². The molecular weight excluding hydrogens is 624 g/mol. The van der Waals surface area contributed by atoms with E-state index in [2.05, 4.69) is 33.8 Å². The van der Waals surface area contributed by atoms with Gasteiger partial charge in [-0.25, -0.2) is 9.59 Å². The number of fused-ring (bicyclic) bond motifs is 1. The Morgan fingerprint density at radius 1 is 0.977 bits per heavy atom. The SMILES string of the molecule is C1CCOC1.C=C(C)C(=O)OC12CCCCC1OC(=O)C2C.C=C(C)C(=O)OC1CCCCC1=O.CCOC(=O)C(C)Br. The Labute approximate surface area is 264 Å². The number of rotatable bonds is 6. The average molecular weight is 674 g/mol. The first-order valence-corrected chi connectivity index (χ1v) is 16.0. The Kier molecular flexibility index (Phi) is 17.6. The van der Waals surface area contributed by atoms with Crippen LogP contribution >= 0.6 is 15.9 Å². The molecule has 4 fully saturated rings. The van der Waals surface area contributed by atoms with Crippen molar-refractivity contribution in [1.29, 1.82) is 0 Å². The van der Waals surface area contributed by atoms with Crippen LogP contribution in [0.25, 0.3) is 0 Å². The first kappa shape index (κ1) is 38.5. The standard InChI is InChI=1S/C13H18O4.C10H14O3.C5H9BrO2.C4H8O/c1-8(2)11(14)17-13-7-5-4-6-10(13)16-12(15)9(13)3;1-7(2)10(12)13-9-6-4-3-5-8(9)11;1-3-8-5(7)4(2)6;1-2-4-5-3-1/h9-10H,1,4-7H2,2-3H3;9H,1,3-6H2,2H3;4H,3H2,1-2H3;1-4H2. The molecule has 2 saturated carbocycles. The molecule has 11 heteroatoms. The van der Waals surface area contributed by atoms with Crippen LogP contribution in [0.1, 0.15) is 98.8 Å². The van der Waals surface area contributed by atoms with Gasteiger partial charge in [-0.2, -0.15) is 0 Å². The van der Waals surface area contributed by atoms with Crippen LogP contribution in [0.4, 0.5) is 0 Å². The van der Waals surface area contributed by atoms with Crippen LogP contribution in [-0.4, -0.2) is 72.1 Å². The maximum Gasteiger partial charge on any atom is 0.333 e. The molecule has 10 nitrogen and oxygen atoms in total. The van der Waals surface area contributed by atoms with Gasteiger partial charge in [-0.05, 0) is 92.4 Å². The Morgan fingerprint density at radius 2 is 1.58 bits per heavy atom. The minimum atomic E-state index is -0.759. The van der Waals surface area contributed by atoms with Crippen molar-refractivity contribution >= 4 is 45.6 Å². The van der Waals surface area contributed by atoms with Crippen LogP contribution in [0.5, 0.6) is 0 Å². The molecule has 2 saturated heterocycles. The summed E-state index contributed by atoms with van der Waals surface area (Å²) in [7, 11) is 0. The molecule has 4 aliphatic rings. The third kappa shape index (κ3) is 12.9. The number of ether oxygens (including phenoxy) is 5. The Hall–Kier alpha value is -2.53. The summed E-state index contributed by atoms with van der Waals surface area (Å²) in [6.45, 7) is 18.0. The summed E-state index contributed by atoms with van der Waals surface area (Å²) in [6, 6.07) is 0. The maximum atomic E-state index is 11.7. The summed E-state index contributed by atoms with van der Waals surface area (Å²) in [5.41, 5.74) is -0.0561. The zero-order chi connectivity index (χ0) is 32.6. The molecule has 43 heavy (non-hydrogen) atoms. The van der Waals surface area contributed by atoms with Crippen molar-refractivity contribution in [1.82, 2.24) is 0 Å². The summed E-state index contributed by atoms with van der Waals surface area (Å²) >= 11 is 3.07. The second kappa shape index (κ2) is 19.7. The highest BCUT2D eigenvalue weighted by Crippen LogP contribution is 2.45. The van der Waals surface area contributed by atoms with Crippen molar-refractivity contribution < 1.29 is 47.7 Å². The van der Waals surface area contributed by atoms with Crippen LogP contribution in [0.15, 0.2) is 24.3 Å². The second-order valence-electron chi connectivity index (χ2n) is 11.1. The summed E-state index contributed by atoms with van der Waals surface area (Å²) in [6.07, 6.45) is 8.28. The Morgan fingerprint density at radius 3 is 2.05 bits per heavy atom.